The first-order chi connectivity index (χ1) is 3.84. The maximum atomic E-state index is 4.17. The van der Waals surface area contributed by atoms with Crippen LogP contribution >= 0.6 is 0 Å². The molecule has 0 aliphatic carbocycles. The van der Waals surface area contributed by atoms with Crippen molar-refractivity contribution < 1.29 is 0 Å². The largest absolute Gasteiger partial charge is 0.286 e. The molecule has 1 nitrogen and oxygen atoms in total. The van der Waals surface area contributed by atoms with E-state index in [0.717, 1.165) is 6.42 Å². The number of nitrogens with zero attached hydrogens (tertiary/aromatic N) is 1. The Hall–Kier alpha value is -0.590. The van der Waals surface area contributed by atoms with Crippen molar-refractivity contribution in [3.05, 3.63) is 11.6 Å². The van der Waals surface area contributed by atoms with Gasteiger partial charge in [0.2, 0.25) is 0 Å². The highest BCUT2D eigenvalue weighted by Crippen LogP contribution is 2.13. The van der Waals surface area contributed by atoms with E-state index >= 15 is 0 Å². The maximum Gasteiger partial charge on any atom is 0.0684 e. The summed E-state index contributed by atoms with van der Waals surface area (Å²) in [5, 5.41) is 0. The van der Waals surface area contributed by atoms with Crippen molar-refractivity contribution >= 4 is 6.21 Å². The summed E-state index contributed by atoms with van der Waals surface area (Å²) >= 11 is 0. The molecule has 0 fully saturated rings. The fourth-order valence-corrected chi connectivity index (χ4v) is 0.916. The number of allylic oxidation sites excluding steroid dienone is 1. The van der Waals surface area contributed by atoms with Gasteiger partial charge in [0, 0.05) is 6.21 Å². The van der Waals surface area contributed by atoms with Gasteiger partial charge in [-0.25, -0.2) is 0 Å². The minimum Gasteiger partial charge on any atom is -0.286 e. The van der Waals surface area contributed by atoms with Gasteiger partial charge in [-0.3, -0.25) is 4.99 Å². The summed E-state index contributed by atoms with van der Waals surface area (Å²) in [6.45, 7) is 4.29. The zero-order valence-electron chi connectivity index (χ0n) is 5.39. The fraction of sp³-hybridized carbons (Fsp3) is 0.571. The molecule has 0 aromatic rings. The van der Waals surface area contributed by atoms with Crippen LogP contribution in [0.15, 0.2) is 16.6 Å². The Morgan fingerprint density at radius 3 is 2.75 bits per heavy atom. The van der Waals surface area contributed by atoms with Crippen molar-refractivity contribution in [1.82, 2.24) is 0 Å². The van der Waals surface area contributed by atoms with E-state index in [-0.39, 0.29) is 0 Å². The summed E-state index contributed by atoms with van der Waals surface area (Å²) in [5.41, 5.74) is 1.45. The lowest BCUT2D eigenvalue weighted by Gasteiger charge is -2.00. The second-order valence-electron chi connectivity index (χ2n) is 2.07. The second kappa shape index (κ2) is 2.12. The first-order valence-corrected chi connectivity index (χ1v) is 3.07. The predicted octanol–water partition coefficient (Wildman–Crippen LogP) is 1.80. The summed E-state index contributed by atoms with van der Waals surface area (Å²) < 4.78 is 0. The van der Waals surface area contributed by atoms with Crippen LogP contribution in [0.3, 0.4) is 0 Å². The molecular weight excluding hydrogens is 98.1 g/mol. The molecule has 0 saturated carbocycles. The Labute approximate surface area is 50.1 Å². The Kier molecular flexibility index (Phi) is 1.47. The van der Waals surface area contributed by atoms with E-state index in [2.05, 4.69) is 24.9 Å². The first kappa shape index (κ1) is 5.54. The minimum atomic E-state index is 0.458. The average Bonchev–Trinajstić information content (AvgIpc) is 2.14. The minimum absolute atomic E-state index is 0.458. The van der Waals surface area contributed by atoms with Crippen LogP contribution < -0.4 is 0 Å². The molecule has 1 aliphatic heterocycles. The molecule has 1 rings (SSSR count). The standard InChI is InChI=1S/C7H11N/c1-3-7-4-5-8-6(7)2/h4-6H,3H2,1-2H3. The van der Waals surface area contributed by atoms with Gasteiger partial charge in [0.15, 0.2) is 0 Å². The lowest BCUT2D eigenvalue weighted by atomic mass is 10.1. The van der Waals surface area contributed by atoms with Crippen LogP contribution in [0.25, 0.3) is 0 Å². The van der Waals surface area contributed by atoms with Crippen LogP contribution in [0.2, 0.25) is 0 Å². The number of hydrogen-bond acceptors (Lipinski definition) is 1. The van der Waals surface area contributed by atoms with E-state index in [1.807, 2.05) is 6.21 Å². The van der Waals surface area contributed by atoms with E-state index in [0.29, 0.717) is 6.04 Å². The van der Waals surface area contributed by atoms with Gasteiger partial charge >= 0.3 is 0 Å². The van der Waals surface area contributed by atoms with Gasteiger partial charge in [0.1, 0.15) is 0 Å². The molecule has 1 atom stereocenters. The van der Waals surface area contributed by atoms with Crippen LogP contribution in [0.1, 0.15) is 20.3 Å². The Balaban J connectivity index is 2.59. The molecule has 0 bridgehead atoms. The van der Waals surface area contributed by atoms with Crippen LogP contribution in [0, 0.1) is 0 Å². The molecule has 0 aromatic carbocycles. The van der Waals surface area contributed by atoms with Crippen molar-refractivity contribution in [3.63, 3.8) is 0 Å². The van der Waals surface area contributed by atoms with Crippen molar-refractivity contribution in [2.45, 2.75) is 26.3 Å². The monoisotopic (exact) mass is 109 g/mol. The predicted molar refractivity (Wildman–Crippen MR) is 36.3 cm³/mol. The van der Waals surface area contributed by atoms with E-state index in [1.54, 1.807) is 0 Å². The molecule has 0 radical (unpaired) electrons. The van der Waals surface area contributed by atoms with Crippen LogP contribution in [-0.2, 0) is 0 Å². The van der Waals surface area contributed by atoms with Crippen LogP contribution in [0.4, 0.5) is 0 Å². The van der Waals surface area contributed by atoms with Crippen LogP contribution in [0.5, 0.6) is 0 Å². The zero-order chi connectivity index (χ0) is 5.98. The van der Waals surface area contributed by atoms with E-state index in [4.69, 9.17) is 0 Å². The molecule has 1 unspecified atom stereocenters. The number of aliphatic imine (C=N–C) groups is 1. The highest BCUT2D eigenvalue weighted by atomic mass is 14.8. The number of hydrogen-bond donors (Lipinski definition) is 0. The van der Waals surface area contributed by atoms with E-state index in [9.17, 15) is 0 Å². The lowest BCUT2D eigenvalue weighted by molar-refractivity contribution is 0.837. The molecule has 44 valence electrons. The normalized spacial score (nSPS) is 26.2. The molecule has 1 heterocycles. The molecule has 0 aromatic heterocycles. The van der Waals surface area contributed by atoms with Gasteiger partial charge in [-0.2, -0.15) is 0 Å². The lowest BCUT2D eigenvalue weighted by Crippen LogP contribution is -1.95. The van der Waals surface area contributed by atoms with Gasteiger partial charge < -0.3 is 0 Å². The van der Waals surface area contributed by atoms with E-state index in [1.165, 1.54) is 5.57 Å². The van der Waals surface area contributed by atoms with E-state index < -0.39 is 0 Å². The molecule has 0 saturated heterocycles. The smallest absolute Gasteiger partial charge is 0.0684 e. The van der Waals surface area contributed by atoms with Crippen LogP contribution in [-0.4, -0.2) is 12.3 Å². The second-order valence-corrected chi connectivity index (χ2v) is 2.07. The molecule has 0 spiro atoms. The fourth-order valence-electron chi connectivity index (χ4n) is 0.916. The molecule has 0 N–H and O–H groups in total. The van der Waals surface area contributed by atoms with Gasteiger partial charge in [-0.15, -0.1) is 0 Å². The first-order valence-electron chi connectivity index (χ1n) is 3.07. The highest BCUT2D eigenvalue weighted by molar-refractivity contribution is 5.75. The molecule has 1 heteroatoms. The summed E-state index contributed by atoms with van der Waals surface area (Å²) in [4.78, 5) is 4.17. The zero-order valence-corrected chi connectivity index (χ0v) is 5.39. The summed E-state index contributed by atoms with van der Waals surface area (Å²) in [6.07, 6.45) is 5.13. The maximum absolute atomic E-state index is 4.17. The topological polar surface area (TPSA) is 12.4 Å². The SMILES string of the molecule is CCC1=CC=NC1C. The molecule has 1 aliphatic rings. The third-order valence-corrected chi connectivity index (χ3v) is 1.54. The van der Waals surface area contributed by atoms with Crippen molar-refractivity contribution in [2.75, 3.05) is 0 Å². The van der Waals surface area contributed by atoms with Gasteiger partial charge in [0.25, 0.3) is 0 Å². The Bertz CT molecular complexity index is 133. The number of rotatable bonds is 1. The van der Waals surface area contributed by atoms with Gasteiger partial charge in [-0.1, -0.05) is 6.92 Å². The highest BCUT2D eigenvalue weighted by Gasteiger charge is 2.05. The third kappa shape index (κ3) is 0.808. The summed E-state index contributed by atoms with van der Waals surface area (Å²) in [5.74, 6) is 0. The van der Waals surface area contributed by atoms with Crippen molar-refractivity contribution in [3.8, 4) is 0 Å². The molecular formula is C7H11N. The summed E-state index contributed by atoms with van der Waals surface area (Å²) in [6, 6.07) is 0.458. The Morgan fingerprint density at radius 1 is 1.75 bits per heavy atom. The molecule has 0 amide bonds. The quantitative estimate of drug-likeness (QED) is 0.487. The van der Waals surface area contributed by atoms with Crippen molar-refractivity contribution in [1.29, 1.82) is 0 Å². The third-order valence-electron chi connectivity index (χ3n) is 1.54. The van der Waals surface area contributed by atoms with Gasteiger partial charge in [-0.05, 0) is 25.0 Å². The molecule has 8 heavy (non-hydrogen) atoms. The summed E-state index contributed by atoms with van der Waals surface area (Å²) in [7, 11) is 0. The Morgan fingerprint density at radius 2 is 2.50 bits per heavy atom. The van der Waals surface area contributed by atoms with Crippen molar-refractivity contribution in [2.24, 2.45) is 4.99 Å². The average molecular weight is 109 g/mol. The van der Waals surface area contributed by atoms with Gasteiger partial charge in [0.05, 0.1) is 6.04 Å².